The zero-order valence-electron chi connectivity index (χ0n) is 19.4. The lowest BCUT2D eigenvalue weighted by molar-refractivity contribution is 0.00932. The summed E-state index contributed by atoms with van der Waals surface area (Å²) in [5, 5.41) is 0. The Balaban J connectivity index is 2.07. The normalized spacial score (nSPS) is 56.7. The van der Waals surface area contributed by atoms with Gasteiger partial charge in [-0.25, -0.2) is 0 Å². The zero-order valence-corrected chi connectivity index (χ0v) is 19.4. The fourth-order valence-corrected chi connectivity index (χ4v) is 7.90. The second-order valence-corrected chi connectivity index (χ2v) is 10.9. The van der Waals surface area contributed by atoms with Gasteiger partial charge in [0.2, 0.25) is 0 Å². The van der Waals surface area contributed by atoms with Crippen LogP contribution in [0.15, 0.2) is 0 Å². The summed E-state index contributed by atoms with van der Waals surface area (Å²) < 4.78 is 0. The van der Waals surface area contributed by atoms with Crippen molar-refractivity contribution >= 4 is 6.71 Å². The summed E-state index contributed by atoms with van der Waals surface area (Å²) in [4.78, 5) is 5.68. The van der Waals surface area contributed by atoms with E-state index < -0.39 is 0 Å². The smallest absolute Gasteiger partial charge is 0.156 e. The highest BCUT2D eigenvalue weighted by Crippen LogP contribution is 2.55. The average molecular weight is 360 g/mol. The Labute approximate surface area is 164 Å². The van der Waals surface area contributed by atoms with E-state index in [1.807, 2.05) is 0 Å². The quantitative estimate of drug-likeness (QED) is 0.536. The lowest BCUT2D eigenvalue weighted by Gasteiger charge is -2.62. The maximum atomic E-state index is 3.01. The first kappa shape index (κ1) is 20.7. The van der Waals surface area contributed by atoms with Crippen molar-refractivity contribution in [1.82, 2.24) is 9.80 Å². The summed E-state index contributed by atoms with van der Waals surface area (Å²) >= 11 is 0. The van der Waals surface area contributed by atoms with Gasteiger partial charge in [0.05, 0.1) is 0 Å². The molecule has 3 aliphatic heterocycles. The van der Waals surface area contributed by atoms with Gasteiger partial charge in [-0.2, -0.15) is 0 Å². The molecule has 0 unspecified atom stereocenters. The van der Waals surface area contributed by atoms with Crippen LogP contribution >= 0.6 is 0 Å². The molecule has 12 atom stereocenters. The van der Waals surface area contributed by atoms with Crippen molar-refractivity contribution in [2.75, 3.05) is 7.05 Å². The summed E-state index contributed by atoms with van der Waals surface area (Å²) in [6.07, 6.45) is 0. The number of hydrogen-bond donors (Lipinski definition) is 0. The van der Waals surface area contributed by atoms with Crippen molar-refractivity contribution in [2.24, 2.45) is 23.7 Å². The van der Waals surface area contributed by atoms with Crippen LogP contribution in [-0.4, -0.2) is 53.8 Å². The SMILES string of the molecule is C[C@@H]1[C@H](C)[C@H](C)[C@@H]2[C@H](C)B3[C@H]([C@@H](C)N(C)[C@@H](C)[C@H]3C)[C@H](C)N2[C@H](C)[C@@H]1C. The molecule has 0 bridgehead atoms. The van der Waals surface area contributed by atoms with E-state index >= 15 is 0 Å². The van der Waals surface area contributed by atoms with Gasteiger partial charge in [0, 0.05) is 30.2 Å². The molecule has 2 nitrogen and oxygen atoms in total. The van der Waals surface area contributed by atoms with Crippen LogP contribution in [0.1, 0.15) is 69.2 Å². The van der Waals surface area contributed by atoms with E-state index in [1.54, 1.807) is 0 Å². The highest BCUT2D eigenvalue weighted by molar-refractivity contribution is 6.65. The topological polar surface area (TPSA) is 6.48 Å². The number of hydrogen-bond acceptors (Lipinski definition) is 2. The molecule has 0 radical (unpaired) electrons. The van der Waals surface area contributed by atoms with E-state index in [0.29, 0.717) is 24.2 Å². The van der Waals surface area contributed by atoms with Crippen molar-refractivity contribution in [3.8, 4) is 0 Å². The molecule has 0 aromatic heterocycles. The molecule has 150 valence electrons. The Morgan fingerprint density at radius 3 is 1.65 bits per heavy atom. The minimum Gasteiger partial charge on any atom is -0.302 e. The van der Waals surface area contributed by atoms with Gasteiger partial charge in [-0.3, -0.25) is 4.90 Å². The van der Waals surface area contributed by atoms with Gasteiger partial charge in [-0.15, -0.1) is 0 Å². The summed E-state index contributed by atoms with van der Waals surface area (Å²) in [6.45, 7) is 26.2. The van der Waals surface area contributed by atoms with Crippen molar-refractivity contribution in [3.63, 3.8) is 0 Å². The summed E-state index contributed by atoms with van der Waals surface area (Å²) in [5.41, 5.74) is 0. The van der Waals surface area contributed by atoms with Crippen LogP contribution in [0, 0.1) is 23.7 Å². The lowest BCUT2D eigenvalue weighted by atomic mass is 9.21. The Morgan fingerprint density at radius 1 is 0.538 bits per heavy atom. The van der Waals surface area contributed by atoms with Crippen LogP contribution in [-0.2, 0) is 0 Å². The van der Waals surface area contributed by atoms with Crippen LogP contribution in [0.2, 0.25) is 17.5 Å². The van der Waals surface area contributed by atoms with Crippen LogP contribution in [0.4, 0.5) is 0 Å². The predicted octanol–water partition coefficient (Wildman–Crippen LogP) is 5.37. The van der Waals surface area contributed by atoms with E-state index in [2.05, 4.69) is 86.1 Å². The Morgan fingerprint density at radius 2 is 1.08 bits per heavy atom. The van der Waals surface area contributed by atoms with Gasteiger partial charge in [-0.1, -0.05) is 41.5 Å². The van der Waals surface area contributed by atoms with Gasteiger partial charge >= 0.3 is 0 Å². The molecule has 3 heteroatoms. The molecule has 0 aromatic rings. The first-order valence-electron chi connectivity index (χ1n) is 11.5. The third kappa shape index (κ3) is 2.74. The minimum absolute atomic E-state index is 0.681. The van der Waals surface area contributed by atoms with Gasteiger partial charge in [0.15, 0.2) is 6.71 Å². The second kappa shape index (κ2) is 7.10. The molecule has 0 N–H and O–H groups in total. The maximum Gasteiger partial charge on any atom is 0.156 e. The van der Waals surface area contributed by atoms with Crippen LogP contribution in [0.3, 0.4) is 0 Å². The molecule has 3 rings (SSSR count). The molecule has 3 heterocycles. The Kier molecular flexibility index (Phi) is 5.66. The second-order valence-electron chi connectivity index (χ2n) is 10.9. The van der Waals surface area contributed by atoms with Gasteiger partial charge in [0.25, 0.3) is 0 Å². The van der Waals surface area contributed by atoms with Crippen LogP contribution in [0.5, 0.6) is 0 Å². The minimum atomic E-state index is 0.681. The standard InChI is InChI=1S/C23H45BN2/c1-12-13(2)15(4)23-17(6)24-16(5)19(8)25(11)20(9)22(24)21(10)26(23)18(7)14(12)3/h12-23H,1-11H3/t12-,13+,14-,15+,16-,17+,18-,19+,20-,21+,22-,23-/m1/s1. The van der Waals surface area contributed by atoms with Crippen molar-refractivity contribution in [2.45, 2.75) is 117 Å². The van der Waals surface area contributed by atoms with E-state index in [-0.39, 0.29) is 0 Å². The Hall–Kier alpha value is -0.0151. The number of fused-ring (bicyclic) bond motifs is 2. The molecule has 0 saturated carbocycles. The molecule has 0 spiro atoms. The van der Waals surface area contributed by atoms with Gasteiger partial charge < -0.3 is 4.90 Å². The fourth-order valence-electron chi connectivity index (χ4n) is 7.90. The summed E-state index contributed by atoms with van der Waals surface area (Å²) in [5.74, 6) is 5.56. The monoisotopic (exact) mass is 360 g/mol. The third-order valence-electron chi connectivity index (χ3n) is 10.4. The fraction of sp³-hybridized carbons (Fsp3) is 1.00. The maximum absolute atomic E-state index is 3.01. The predicted molar refractivity (Wildman–Crippen MR) is 116 cm³/mol. The van der Waals surface area contributed by atoms with Crippen molar-refractivity contribution in [3.05, 3.63) is 0 Å². The lowest BCUT2D eigenvalue weighted by Crippen LogP contribution is -2.69. The number of nitrogens with zero attached hydrogens (tertiary/aromatic N) is 2. The van der Waals surface area contributed by atoms with Crippen LogP contribution < -0.4 is 0 Å². The number of rotatable bonds is 0. The molecule has 3 aliphatic rings. The van der Waals surface area contributed by atoms with Gasteiger partial charge in [0.1, 0.15) is 0 Å². The molecule has 3 saturated heterocycles. The highest BCUT2D eigenvalue weighted by atomic mass is 15.3. The van der Waals surface area contributed by atoms with Crippen molar-refractivity contribution in [1.29, 1.82) is 0 Å². The van der Waals surface area contributed by atoms with Crippen LogP contribution in [0.25, 0.3) is 0 Å². The molecule has 3 fully saturated rings. The molecule has 26 heavy (non-hydrogen) atoms. The average Bonchev–Trinajstić information content (AvgIpc) is 2.67. The molecule has 0 aliphatic carbocycles. The largest absolute Gasteiger partial charge is 0.302 e. The van der Waals surface area contributed by atoms with Crippen molar-refractivity contribution < 1.29 is 0 Å². The summed E-state index contributed by atoms with van der Waals surface area (Å²) in [7, 11) is 2.37. The molecule has 0 amide bonds. The highest BCUT2D eigenvalue weighted by Gasteiger charge is 2.59. The van der Waals surface area contributed by atoms with Gasteiger partial charge in [-0.05, 0) is 75.9 Å². The zero-order chi connectivity index (χ0) is 19.7. The Bertz CT molecular complexity index is 466. The van der Waals surface area contributed by atoms with E-state index in [1.165, 1.54) is 0 Å². The molecule has 0 aromatic carbocycles. The summed E-state index contributed by atoms with van der Waals surface area (Å²) in [6, 6.07) is 3.50. The third-order valence-corrected chi connectivity index (χ3v) is 10.4. The first-order valence-corrected chi connectivity index (χ1v) is 11.5. The van der Waals surface area contributed by atoms with E-state index in [0.717, 1.165) is 53.9 Å². The van der Waals surface area contributed by atoms with E-state index in [4.69, 9.17) is 0 Å². The molecular weight excluding hydrogens is 315 g/mol. The first-order chi connectivity index (χ1) is 12.0. The molecular formula is C23H45BN2. The van der Waals surface area contributed by atoms with E-state index in [9.17, 15) is 0 Å².